The molecule has 0 aliphatic rings. The van der Waals surface area contributed by atoms with Crippen LogP contribution in [0.3, 0.4) is 0 Å². The van der Waals surface area contributed by atoms with Gasteiger partial charge in [-0.25, -0.2) is 0 Å². The Kier molecular flexibility index (Phi) is 4.76. The Balaban J connectivity index is 2.24. The van der Waals surface area contributed by atoms with Crippen molar-refractivity contribution in [1.82, 2.24) is 10.5 Å². The lowest BCUT2D eigenvalue weighted by Gasteiger charge is -2.10. The molecule has 20 heavy (non-hydrogen) atoms. The van der Waals surface area contributed by atoms with Gasteiger partial charge in [-0.05, 0) is 29.7 Å². The molecule has 0 spiro atoms. The fourth-order valence-corrected chi connectivity index (χ4v) is 2.70. The van der Waals surface area contributed by atoms with Crippen molar-refractivity contribution in [3.8, 4) is 0 Å². The molecule has 1 aromatic carbocycles. The summed E-state index contributed by atoms with van der Waals surface area (Å²) in [6.07, 6.45) is 3.30. The van der Waals surface area contributed by atoms with E-state index < -0.39 is 0 Å². The summed E-state index contributed by atoms with van der Waals surface area (Å²) < 4.78 is 0. The van der Waals surface area contributed by atoms with Gasteiger partial charge in [-0.3, -0.25) is 21.1 Å². The molecule has 1 aromatic heterocycles. The third-order valence-corrected chi connectivity index (χ3v) is 3.99. The maximum Gasteiger partial charge on any atom is 0.150 e. The molecular formula is C15H17N3OS. The quantitative estimate of drug-likeness (QED) is 0.456. The number of benzene rings is 1. The van der Waals surface area contributed by atoms with Gasteiger partial charge in [0.25, 0.3) is 0 Å². The summed E-state index contributed by atoms with van der Waals surface area (Å²) >= 11 is 1.52. The van der Waals surface area contributed by atoms with Crippen LogP contribution >= 0.6 is 11.8 Å². The second kappa shape index (κ2) is 6.54. The molecule has 2 aromatic rings. The number of nitrogens with zero attached hydrogens (tertiary/aromatic N) is 1. The highest BCUT2D eigenvalue weighted by molar-refractivity contribution is 7.99. The summed E-state index contributed by atoms with van der Waals surface area (Å²) in [4.78, 5) is 5.99. The molecule has 0 saturated heterocycles. The molecule has 0 atom stereocenters. The van der Waals surface area contributed by atoms with Crippen molar-refractivity contribution in [2.75, 3.05) is 0 Å². The number of nitrogens with one attached hydrogen (secondary N) is 2. The van der Waals surface area contributed by atoms with E-state index in [1.165, 1.54) is 17.3 Å². The zero-order valence-corrected chi connectivity index (χ0v) is 12.2. The van der Waals surface area contributed by atoms with Gasteiger partial charge in [0.2, 0.25) is 0 Å². The van der Waals surface area contributed by atoms with E-state index in [0.29, 0.717) is 11.5 Å². The minimum absolute atomic E-state index is 0.0336. The predicted molar refractivity (Wildman–Crippen MR) is 80.6 cm³/mol. The zero-order chi connectivity index (χ0) is 14.5. The first kappa shape index (κ1) is 14.6. The first-order valence-electron chi connectivity index (χ1n) is 6.32. The third kappa shape index (κ3) is 3.37. The van der Waals surface area contributed by atoms with Crippen LogP contribution in [-0.4, -0.2) is 16.0 Å². The molecule has 0 amide bonds. The Morgan fingerprint density at radius 3 is 2.55 bits per heavy atom. The molecule has 2 rings (SSSR count). The SMILES string of the molecule is CC(C)c1ccc(Sc2cnccc2C(=N)NO)cc1. The monoisotopic (exact) mass is 287 g/mol. The topological polar surface area (TPSA) is 69.0 Å². The molecular weight excluding hydrogens is 270 g/mol. The number of rotatable bonds is 4. The van der Waals surface area contributed by atoms with Crippen LogP contribution in [0, 0.1) is 5.41 Å². The van der Waals surface area contributed by atoms with E-state index >= 15 is 0 Å². The molecule has 0 bridgehead atoms. The second-order valence-corrected chi connectivity index (χ2v) is 5.80. The largest absolute Gasteiger partial charge is 0.290 e. The minimum atomic E-state index is -0.0336. The number of hydrogen-bond acceptors (Lipinski definition) is 4. The molecule has 0 aliphatic carbocycles. The smallest absolute Gasteiger partial charge is 0.150 e. The van der Waals surface area contributed by atoms with Crippen LogP contribution in [-0.2, 0) is 0 Å². The van der Waals surface area contributed by atoms with Crippen LogP contribution in [0.1, 0.15) is 30.9 Å². The van der Waals surface area contributed by atoms with Gasteiger partial charge >= 0.3 is 0 Å². The highest BCUT2D eigenvalue weighted by atomic mass is 32.2. The van der Waals surface area contributed by atoms with Gasteiger partial charge in [0.15, 0.2) is 5.84 Å². The molecule has 5 heteroatoms. The fourth-order valence-electron chi connectivity index (χ4n) is 1.78. The number of pyridine rings is 1. The average Bonchev–Trinajstić information content (AvgIpc) is 2.47. The van der Waals surface area contributed by atoms with Gasteiger partial charge < -0.3 is 0 Å². The summed E-state index contributed by atoms with van der Waals surface area (Å²) in [7, 11) is 0. The maximum atomic E-state index is 8.87. The predicted octanol–water partition coefficient (Wildman–Crippen LogP) is 3.66. The van der Waals surface area contributed by atoms with Gasteiger partial charge in [-0.1, -0.05) is 37.7 Å². The molecule has 0 fully saturated rings. The Bertz CT molecular complexity index is 596. The summed E-state index contributed by atoms with van der Waals surface area (Å²) in [6.45, 7) is 4.32. The molecule has 0 aliphatic heterocycles. The summed E-state index contributed by atoms with van der Waals surface area (Å²) in [5.41, 5.74) is 3.80. The average molecular weight is 287 g/mol. The van der Waals surface area contributed by atoms with Crippen molar-refractivity contribution in [2.24, 2.45) is 0 Å². The molecule has 3 N–H and O–H groups in total. The lowest BCUT2D eigenvalue weighted by molar-refractivity contribution is 0.234. The Hall–Kier alpha value is -1.85. The van der Waals surface area contributed by atoms with Gasteiger partial charge in [0.1, 0.15) is 0 Å². The molecule has 4 nitrogen and oxygen atoms in total. The van der Waals surface area contributed by atoms with Crippen LogP contribution in [0.25, 0.3) is 0 Å². The molecule has 104 valence electrons. The summed E-state index contributed by atoms with van der Waals surface area (Å²) in [6, 6.07) is 10.0. The Morgan fingerprint density at radius 2 is 1.95 bits per heavy atom. The van der Waals surface area contributed by atoms with E-state index in [1.807, 2.05) is 5.48 Å². The van der Waals surface area contributed by atoms with Crippen molar-refractivity contribution in [1.29, 1.82) is 5.41 Å². The number of aromatic nitrogens is 1. The zero-order valence-electron chi connectivity index (χ0n) is 11.4. The van der Waals surface area contributed by atoms with Crippen LogP contribution < -0.4 is 5.48 Å². The van der Waals surface area contributed by atoms with E-state index in [1.54, 1.807) is 18.5 Å². The highest BCUT2D eigenvalue weighted by Gasteiger charge is 2.09. The lowest BCUT2D eigenvalue weighted by atomic mass is 10.0. The normalized spacial score (nSPS) is 10.6. The lowest BCUT2D eigenvalue weighted by Crippen LogP contribution is -2.19. The Labute approximate surface area is 122 Å². The Morgan fingerprint density at radius 1 is 1.25 bits per heavy atom. The van der Waals surface area contributed by atoms with Gasteiger partial charge in [0, 0.05) is 27.7 Å². The summed E-state index contributed by atoms with van der Waals surface area (Å²) in [5, 5.41) is 16.5. The standard InChI is InChI=1S/C15H17N3OS/c1-10(2)11-3-5-12(6-4-11)20-14-9-17-8-7-13(14)15(16)18-19/h3-10,19H,1-2H3,(H2,16,18). The highest BCUT2D eigenvalue weighted by Crippen LogP contribution is 2.30. The number of hydrogen-bond donors (Lipinski definition) is 3. The molecule has 1 heterocycles. The van der Waals surface area contributed by atoms with Crippen LogP contribution in [0.15, 0.2) is 52.5 Å². The van der Waals surface area contributed by atoms with Crippen molar-refractivity contribution < 1.29 is 5.21 Å². The van der Waals surface area contributed by atoms with Crippen molar-refractivity contribution in [3.05, 3.63) is 53.9 Å². The van der Waals surface area contributed by atoms with E-state index in [0.717, 1.165) is 9.79 Å². The van der Waals surface area contributed by atoms with Crippen molar-refractivity contribution >= 4 is 17.6 Å². The first-order valence-corrected chi connectivity index (χ1v) is 7.14. The first-order chi connectivity index (χ1) is 9.61. The summed E-state index contributed by atoms with van der Waals surface area (Å²) in [5.74, 6) is 0.475. The van der Waals surface area contributed by atoms with Crippen LogP contribution in [0.4, 0.5) is 0 Å². The van der Waals surface area contributed by atoms with Crippen molar-refractivity contribution in [3.63, 3.8) is 0 Å². The number of amidine groups is 1. The fraction of sp³-hybridized carbons (Fsp3) is 0.200. The third-order valence-electron chi connectivity index (χ3n) is 2.94. The van der Waals surface area contributed by atoms with E-state index in [9.17, 15) is 0 Å². The van der Waals surface area contributed by atoms with Crippen LogP contribution in [0.2, 0.25) is 0 Å². The molecule has 0 radical (unpaired) electrons. The number of hydroxylamine groups is 1. The van der Waals surface area contributed by atoms with Gasteiger partial charge in [-0.15, -0.1) is 0 Å². The van der Waals surface area contributed by atoms with Gasteiger partial charge in [0.05, 0.1) is 0 Å². The van der Waals surface area contributed by atoms with E-state index in [-0.39, 0.29) is 5.84 Å². The second-order valence-electron chi connectivity index (χ2n) is 4.68. The molecule has 0 saturated carbocycles. The van der Waals surface area contributed by atoms with Gasteiger partial charge in [-0.2, -0.15) is 0 Å². The van der Waals surface area contributed by atoms with Crippen LogP contribution in [0.5, 0.6) is 0 Å². The minimum Gasteiger partial charge on any atom is -0.290 e. The van der Waals surface area contributed by atoms with E-state index in [2.05, 4.69) is 43.1 Å². The van der Waals surface area contributed by atoms with E-state index in [4.69, 9.17) is 10.6 Å². The van der Waals surface area contributed by atoms with Crippen molar-refractivity contribution in [2.45, 2.75) is 29.6 Å². The molecule has 0 unspecified atom stereocenters. The maximum absolute atomic E-state index is 8.87.